The minimum Gasteiger partial charge on any atom is -0.462 e. The van der Waals surface area contributed by atoms with Crippen molar-refractivity contribution in [3.8, 4) is 6.07 Å². The predicted molar refractivity (Wildman–Crippen MR) is 137 cm³/mol. The van der Waals surface area contributed by atoms with Crippen molar-refractivity contribution in [2.24, 2.45) is 5.92 Å². The number of carbonyl (C=O) groups is 3. The second-order valence-corrected chi connectivity index (χ2v) is 8.92. The van der Waals surface area contributed by atoms with E-state index in [2.05, 4.69) is 16.0 Å². The zero-order valence-corrected chi connectivity index (χ0v) is 20.9. The van der Waals surface area contributed by atoms with Crippen LogP contribution in [-0.4, -0.2) is 36.1 Å². The Morgan fingerprint density at radius 3 is 2.44 bits per heavy atom. The van der Waals surface area contributed by atoms with Gasteiger partial charge in [-0.1, -0.05) is 39.0 Å². The van der Waals surface area contributed by atoms with Crippen molar-refractivity contribution in [2.45, 2.75) is 40.2 Å². The standard InChI is InChI=1S/C27H31N5O4/c1-5-12-32-18(4)23(25(33)36-16-17(2)3)24(31-27(32)35)20-9-7-11-22(14-20)30-26(34)29-21-10-6-8-19(13-21)15-28/h6-11,13-14,17,24H,5,12,16H2,1-4H3,(H,31,35)(H2,29,30,34). The summed E-state index contributed by atoms with van der Waals surface area (Å²) >= 11 is 0. The lowest BCUT2D eigenvalue weighted by atomic mass is 9.94. The summed E-state index contributed by atoms with van der Waals surface area (Å²) in [5.41, 5.74) is 2.91. The first-order valence-electron chi connectivity index (χ1n) is 11.9. The molecule has 3 rings (SSSR count). The van der Waals surface area contributed by atoms with E-state index in [-0.39, 0.29) is 18.6 Å². The van der Waals surface area contributed by atoms with E-state index in [9.17, 15) is 14.4 Å². The Balaban J connectivity index is 1.86. The van der Waals surface area contributed by atoms with Gasteiger partial charge in [-0.05, 0) is 55.2 Å². The fourth-order valence-corrected chi connectivity index (χ4v) is 3.86. The van der Waals surface area contributed by atoms with Crippen LogP contribution in [0.25, 0.3) is 0 Å². The van der Waals surface area contributed by atoms with E-state index < -0.39 is 18.0 Å². The number of hydrogen-bond donors (Lipinski definition) is 3. The molecule has 1 atom stereocenters. The van der Waals surface area contributed by atoms with Crippen molar-refractivity contribution < 1.29 is 19.1 Å². The highest BCUT2D eigenvalue weighted by Gasteiger charge is 2.36. The molecule has 9 nitrogen and oxygen atoms in total. The molecule has 0 saturated carbocycles. The number of benzene rings is 2. The maximum atomic E-state index is 13.1. The third-order valence-electron chi connectivity index (χ3n) is 5.54. The molecule has 3 N–H and O–H groups in total. The van der Waals surface area contributed by atoms with Crippen molar-refractivity contribution in [1.82, 2.24) is 10.2 Å². The first kappa shape index (κ1) is 26.3. The fourth-order valence-electron chi connectivity index (χ4n) is 3.86. The molecule has 188 valence electrons. The highest BCUT2D eigenvalue weighted by atomic mass is 16.5. The van der Waals surface area contributed by atoms with Gasteiger partial charge in [0.2, 0.25) is 0 Å². The number of nitrogens with one attached hydrogen (secondary N) is 3. The van der Waals surface area contributed by atoms with Crippen molar-refractivity contribution in [1.29, 1.82) is 5.26 Å². The van der Waals surface area contributed by atoms with Gasteiger partial charge in [0.15, 0.2) is 0 Å². The van der Waals surface area contributed by atoms with Gasteiger partial charge >= 0.3 is 18.0 Å². The molecule has 2 aromatic rings. The van der Waals surface area contributed by atoms with Gasteiger partial charge in [0.1, 0.15) is 0 Å². The van der Waals surface area contributed by atoms with E-state index in [1.165, 1.54) is 0 Å². The molecule has 0 aromatic heterocycles. The van der Waals surface area contributed by atoms with Crippen LogP contribution in [0.3, 0.4) is 0 Å². The first-order valence-corrected chi connectivity index (χ1v) is 11.9. The Bertz CT molecular complexity index is 1210. The van der Waals surface area contributed by atoms with Crippen LogP contribution in [-0.2, 0) is 9.53 Å². The minimum atomic E-state index is -0.734. The molecule has 0 bridgehead atoms. The minimum absolute atomic E-state index is 0.165. The summed E-state index contributed by atoms with van der Waals surface area (Å²) < 4.78 is 5.53. The summed E-state index contributed by atoms with van der Waals surface area (Å²) in [4.78, 5) is 40.1. The third kappa shape index (κ3) is 6.42. The molecule has 4 amide bonds. The third-order valence-corrected chi connectivity index (χ3v) is 5.54. The fraction of sp³-hybridized carbons (Fsp3) is 0.333. The van der Waals surface area contributed by atoms with E-state index in [0.717, 1.165) is 6.42 Å². The Morgan fingerprint density at radius 1 is 1.14 bits per heavy atom. The number of anilines is 2. The molecule has 1 heterocycles. The summed E-state index contributed by atoms with van der Waals surface area (Å²) in [6, 6.07) is 14.0. The number of hydrogen-bond acceptors (Lipinski definition) is 5. The molecular weight excluding hydrogens is 458 g/mol. The van der Waals surface area contributed by atoms with Crippen molar-refractivity contribution in [2.75, 3.05) is 23.8 Å². The summed E-state index contributed by atoms with van der Waals surface area (Å²) in [5.74, 6) is -0.320. The average molecular weight is 490 g/mol. The number of ether oxygens (including phenoxy) is 1. The molecule has 1 unspecified atom stereocenters. The second kappa shape index (κ2) is 11.9. The summed E-state index contributed by atoms with van der Waals surface area (Å²) in [6.07, 6.45) is 0.732. The van der Waals surface area contributed by atoms with Gasteiger partial charge in [-0.15, -0.1) is 0 Å². The molecule has 36 heavy (non-hydrogen) atoms. The molecule has 0 saturated heterocycles. The van der Waals surface area contributed by atoms with Gasteiger partial charge in [-0.3, -0.25) is 4.90 Å². The molecule has 9 heteroatoms. The maximum absolute atomic E-state index is 13.1. The molecule has 0 fully saturated rings. The van der Waals surface area contributed by atoms with Crippen LogP contribution in [0.5, 0.6) is 0 Å². The smallest absolute Gasteiger partial charge is 0.338 e. The highest BCUT2D eigenvalue weighted by molar-refractivity contribution is 6.00. The molecule has 0 radical (unpaired) electrons. The van der Waals surface area contributed by atoms with Gasteiger partial charge in [0, 0.05) is 23.6 Å². The molecule has 2 aromatic carbocycles. The van der Waals surface area contributed by atoms with E-state index in [0.29, 0.717) is 40.3 Å². The Morgan fingerprint density at radius 2 is 1.81 bits per heavy atom. The lowest BCUT2D eigenvalue weighted by Crippen LogP contribution is -2.48. The predicted octanol–water partition coefficient (Wildman–Crippen LogP) is 5.15. The van der Waals surface area contributed by atoms with Crippen LogP contribution in [0.2, 0.25) is 0 Å². The number of carbonyl (C=O) groups excluding carboxylic acids is 3. The van der Waals surface area contributed by atoms with Gasteiger partial charge in [0.25, 0.3) is 0 Å². The number of urea groups is 2. The number of esters is 1. The molecule has 0 spiro atoms. The van der Waals surface area contributed by atoms with Gasteiger partial charge in [-0.25, -0.2) is 14.4 Å². The van der Waals surface area contributed by atoms with Crippen LogP contribution in [0.4, 0.5) is 21.0 Å². The molecule has 1 aliphatic rings. The highest BCUT2D eigenvalue weighted by Crippen LogP contribution is 2.32. The molecule has 1 aliphatic heterocycles. The summed E-state index contributed by atoms with van der Waals surface area (Å²) in [7, 11) is 0. The van der Waals surface area contributed by atoms with Crippen LogP contribution in [0.1, 0.15) is 51.3 Å². The van der Waals surface area contributed by atoms with E-state index in [1.54, 1.807) is 60.4 Å². The van der Waals surface area contributed by atoms with E-state index in [4.69, 9.17) is 10.00 Å². The second-order valence-electron chi connectivity index (χ2n) is 8.92. The average Bonchev–Trinajstić information content (AvgIpc) is 2.85. The topological polar surface area (TPSA) is 124 Å². The van der Waals surface area contributed by atoms with Crippen molar-refractivity contribution >= 4 is 29.4 Å². The normalized spacial score (nSPS) is 15.3. The van der Waals surface area contributed by atoms with Crippen LogP contribution in [0.15, 0.2) is 59.8 Å². The Hall–Kier alpha value is -4.32. The number of nitriles is 1. The first-order chi connectivity index (χ1) is 17.2. The van der Waals surface area contributed by atoms with E-state index >= 15 is 0 Å². The zero-order valence-electron chi connectivity index (χ0n) is 20.9. The number of amides is 4. The molecule has 0 aliphatic carbocycles. The number of allylic oxidation sites excluding steroid dienone is 1. The Labute approximate surface area is 211 Å². The lowest BCUT2D eigenvalue weighted by molar-refractivity contribution is -0.140. The van der Waals surface area contributed by atoms with Crippen LogP contribution >= 0.6 is 0 Å². The number of nitrogens with zero attached hydrogens (tertiary/aromatic N) is 2. The van der Waals surface area contributed by atoms with Crippen LogP contribution < -0.4 is 16.0 Å². The summed E-state index contributed by atoms with van der Waals surface area (Å²) in [5, 5.41) is 17.4. The van der Waals surface area contributed by atoms with Crippen LogP contribution in [0, 0.1) is 17.2 Å². The lowest BCUT2D eigenvalue weighted by Gasteiger charge is -2.35. The largest absolute Gasteiger partial charge is 0.462 e. The van der Waals surface area contributed by atoms with Gasteiger partial charge in [-0.2, -0.15) is 5.26 Å². The summed E-state index contributed by atoms with van der Waals surface area (Å²) in [6.45, 7) is 8.35. The van der Waals surface area contributed by atoms with Gasteiger partial charge < -0.3 is 20.7 Å². The Kier molecular flexibility index (Phi) is 8.68. The zero-order chi connectivity index (χ0) is 26.2. The SMILES string of the molecule is CCCN1C(=O)NC(c2cccc(NC(=O)Nc3cccc(C#N)c3)c2)C(C(=O)OCC(C)C)=C1C. The van der Waals surface area contributed by atoms with Crippen molar-refractivity contribution in [3.63, 3.8) is 0 Å². The van der Waals surface area contributed by atoms with E-state index in [1.807, 2.05) is 26.8 Å². The van der Waals surface area contributed by atoms with Gasteiger partial charge in [0.05, 0.1) is 29.9 Å². The van der Waals surface area contributed by atoms with Crippen molar-refractivity contribution in [3.05, 3.63) is 70.9 Å². The number of rotatable bonds is 8. The monoisotopic (exact) mass is 489 g/mol. The maximum Gasteiger partial charge on any atom is 0.338 e. The molecular formula is C27H31N5O4. The quantitative estimate of drug-likeness (QED) is 0.442.